The summed E-state index contributed by atoms with van der Waals surface area (Å²) in [5.41, 5.74) is 0. The van der Waals surface area contributed by atoms with E-state index in [4.69, 9.17) is 16.3 Å². The number of alkyl carbamates (subject to hydrolysis) is 1. The van der Waals surface area contributed by atoms with E-state index in [1.54, 1.807) is 7.11 Å². The monoisotopic (exact) mass is 221 g/mol. The van der Waals surface area contributed by atoms with Crippen molar-refractivity contribution in [3.8, 4) is 0 Å². The number of alkyl halides is 1. The van der Waals surface area contributed by atoms with Gasteiger partial charge in [-0.25, -0.2) is 4.79 Å². The summed E-state index contributed by atoms with van der Waals surface area (Å²) >= 11 is 5.26. The summed E-state index contributed by atoms with van der Waals surface area (Å²) in [6, 6.07) is 0.0520. The van der Waals surface area contributed by atoms with Crippen LogP contribution in [0.1, 0.15) is 25.7 Å². The highest BCUT2D eigenvalue weighted by atomic mass is 35.5. The Balaban J connectivity index is 2.26. The highest BCUT2D eigenvalue weighted by Crippen LogP contribution is 2.20. The van der Waals surface area contributed by atoms with E-state index in [1.165, 1.54) is 0 Å². The maximum atomic E-state index is 11.0. The summed E-state index contributed by atoms with van der Waals surface area (Å²) in [5, 5.41) is 2.76. The van der Waals surface area contributed by atoms with Crippen LogP contribution in [0.4, 0.5) is 4.79 Å². The highest BCUT2D eigenvalue weighted by molar-refractivity contribution is 6.17. The van der Waals surface area contributed by atoms with Gasteiger partial charge < -0.3 is 14.8 Å². The van der Waals surface area contributed by atoms with Crippen LogP contribution >= 0.6 is 11.6 Å². The SMILES string of the molecule is COC1CCCC(NC(=O)OCCl)C1. The molecule has 0 radical (unpaired) electrons. The molecule has 0 aliphatic heterocycles. The van der Waals surface area contributed by atoms with Gasteiger partial charge in [0.1, 0.15) is 0 Å². The Hall–Kier alpha value is -0.480. The third-order valence-corrected chi connectivity index (χ3v) is 2.58. The second-order valence-electron chi connectivity index (χ2n) is 3.41. The third kappa shape index (κ3) is 3.72. The molecule has 82 valence electrons. The van der Waals surface area contributed by atoms with Crippen LogP contribution in [0.2, 0.25) is 0 Å². The summed E-state index contributed by atoms with van der Waals surface area (Å²) in [6.45, 7) is 0. The van der Waals surface area contributed by atoms with Gasteiger partial charge >= 0.3 is 6.09 Å². The molecule has 0 spiro atoms. The van der Waals surface area contributed by atoms with Crippen molar-refractivity contribution in [3.05, 3.63) is 0 Å². The lowest BCUT2D eigenvalue weighted by Gasteiger charge is -2.28. The number of methoxy groups -OCH3 is 1. The van der Waals surface area contributed by atoms with Crippen molar-refractivity contribution in [2.75, 3.05) is 13.2 Å². The molecule has 0 heterocycles. The predicted octanol–water partition coefficient (Wildman–Crippen LogP) is 1.87. The number of carbonyl (C=O) groups is 1. The lowest BCUT2D eigenvalue weighted by Crippen LogP contribution is -2.40. The topological polar surface area (TPSA) is 47.6 Å². The van der Waals surface area contributed by atoms with Crippen LogP contribution in [0.5, 0.6) is 0 Å². The molecule has 0 aromatic heterocycles. The zero-order chi connectivity index (χ0) is 10.4. The first-order valence-electron chi connectivity index (χ1n) is 4.78. The molecule has 0 bridgehead atoms. The van der Waals surface area contributed by atoms with Crippen molar-refractivity contribution in [2.24, 2.45) is 0 Å². The van der Waals surface area contributed by atoms with Crippen LogP contribution in [0.25, 0.3) is 0 Å². The number of hydrogen-bond acceptors (Lipinski definition) is 3. The maximum Gasteiger partial charge on any atom is 0.408 e. The number of rotatable bonds is 3. The predicted molar refractivity (Wildman–Crippen MR) is 53.4 cm³/mol. The van der Waals surface area contributed by atoms with Gasteiger partial charge in [-0.1, -0.05) is 11.6 Å². The van der Waals surface area contributed by atoms with E-state index in [2.05, 4.69) is 10.1 Å². The van der Waals surface area contributed by atoms with Gasteiger partial charge in [-0.15, -0.1) is 0 Å². The molecule has 2 atom stereocenters. The molecule has 1 rings (SSSR count). The van der Waals surface area contributed by atoms with Gasteiger partial charge in [0.25, 0.3) is 0 Å². The molecule has 14 heavy (non-hydrogen) atoms. The van der Waals surface area contributed by atoms with Crippen LogP contribution in [0, 0.1) is 0 Å². The Morgan fingerprint density at radius 2 is 2.36 bits per heavy atom. The Bertz CT molecular complexity index is 189. The quantitative estimate of drug-likeness (QED) is 0.741. The van der Waals surface area contributed by atoms with E-state index in [0.29, 0.717) is 0 Å². The zero-order valence-electron chi connectivity index (χ0n) is 8.29. The molecular weight excluding hydrogens is 206 g/mol. The minimum atomic E-state index is -0.443. The fraction of sp³-hybridized carbons (Fsp3) is 0.889. The fourth-order valence-corrected chi connectivity index (χ4v) is 1.85. The van der Waals surface area contributed by atoms with Crippen molar-refractivity contribution < 1.29 is 14.3 Å². The van der Waals surface area contributed by atoms with E-state index in [1.807, 2.05) is 0 Å². The van der Waals surface area contributed by atoms with Gasteiger partial charge in [-0.2, -0.15) is 0 Å². The Morgan fingerprint density at radius 3 is 3.00 bits per heavy atom. The highest BCUT2D eigenvalue weighted by Gasteiger charge is 2.23. The smallest absolute Gasteiger partial charge is 0.408 e. The Morgan fingerprint density at radius 1 is 1.57 bits per heavy atom. The van der Waals surface area contributed by atoms with Gasteiger partial charge in [0, 0.05) is 13.2 Å². The van der Waals surface area contributed by atoms with E-state index >= 15 is 0 Å². The molecule has 1 saturated carbocycles. The van der Waals surface area contributed by atoms with Crippen molar-refractivity contribution in [2.45, 2.75) is 37.8 Å². The van der Waals surface area contributed by atoms with E-state index in [-0.39, 0.29) is 18.2 Å². The number of halogens is 1. The molecule has 0 aromatic carbocycles. The van der Waals surface area contributed by atoms with E-state index in [0.717, 1.165) is 25.7 Å². The second kappa shape index (κ2) is 6.09. The standard InChI is InChI=1S/C9H16ClNO3/c1-13-8-4-2-3-7(5-8)11-9(12)14-6-10/h7-8H,2-6H2,1H3,(H,11,12). The molecule has 0 aromatic rings. The maximum absolute atomic E-state index is 11.0. The molecular formula is C9H16ClNO3. The van der Waals surface area contributed by atoms with Gasteiger partial charge in [0.2, 0.25) is 0 Å². The molecule has 5 heteroatoms. The molecule has 1 amide bonds. The molecule has 4 nitrogen and oxygen atoms in total. The molecule has 2 unspecified atom stereocenters. The van der Waals surface area contributed by atoms with Crippen molar-refractivity contribution in [1.29, 1.82) is 0 Å². The summed E-state index contributed by atoms with van der Waals surface area (Å²) in [4.78, 5) is 11.0. The van der Waals surface area contributed by atoms with Crippen LogP contribution in [0.3, 0.4) is 0 Å². The normalized spacial score (nSPS) is 27.0. The molecule has 1 aliphatic carbocycles. The zero-order valence-corrected chi connectivity index (χ0v) is 9.05. The van der Waals surface area contributed by atoms with Crippen LogP contribution in [-0.2, 0) is 9.47 Å². The first-order valence-corrected chi connectivity index (χ1v) is 5.31. The number of amides is 1. The number of carbonyl (C=O) groups excluding carboxylic acids is 1. The van der Waals surface area contributed by atoms with Gasteiger partial charge in [0.15, 0.2) is 6.07 Å². The van der Waals surface area contributed by atoms with E-state index < -0.39 is 6.09 Å². The Kier molecular flexibility index (Phi) is 5.04. The largest absolute Gasteiger partial charge is 0.433 e. The second-order valence-corrected chi connectivity index (χ2v) is 3.62. The van der Waals surface area contributed by atoms with E-state index in [9.17, 15) is 4.79 Å². The average molecular weight is 222 g/mol. The average Bonchev–Trinajstić information content (AvgIpc) is 2.18. The molecule has 1 N–H and O–H groups in total. The lowest BCUT2D eigenvalue weighted by molar-refractivity contribution is 0.0578. The summed E-state index contributed by atoms with van der Waals surface area (Å²) in [6.07, 6.45) is 3.79. The first-order chi connectivity index (χ1) is 6.76. The van der Waals surface area contributed by atoms with Crippen molar-refractivity contribution in [1.82, 2.24) is 5.32 Å². The van der Waals surface area contributed by atoms with Crippen LogP contribution in [-0.4, -0.2) is 31.4 Å². The summed E-state index contributed by atoms with van der Waals surface area (Å²) in [5.74, 6) is 0. The van der Waals surface area contributed by atoms with Crippen molar-refractivity contribution >= 4 is 17.7 Å². The minimum absolute atomic E-state index is 0.105. The molecule has 0 saturated heterocycles. The molecule has 1 fully saturated rings. The summed E-state index contributed by atoms with van der Waals surface area (Å²) in [7, 11) is 1.70. The first kappa shape index (κ1) is 11.6. The van der Waals surface area contributed by atoms with Gasteiger partial charge in [-0.3, -0.25) is 0 Å². The van der Waals surface area contributed by atoms with Crippen molar-refractivity contribution in [3.63, 3.8) is 0 Å². The van der Waals surface area contributed by atoms with Gasteiger partial charge in [0.05, 0.1) is 6.10 Å². The van der Waals surface area contributed by atoms with Crippen LogP contribution < -0.4 is 5.32 Å². The fourth-order valence-electron chi connectivity index (χ4n) is 1.75. The number of hydrogen-bond donors (Lipinski definition) is 1. The number of ether oxygens (including phenoxy) is 2. The molecule has 1 aliphatic rings. The summed E-state index contributed by atoms with van der Waals surface area (Å²) < 4.78 is 9.83. The number of nitrogens with one attached hydrogen (secondary N) is 1. The van der Waals surface area contributed by atoms with Crippen LogP contribution in [0.15, 0.2) is 0 Å². The Labute approximate surface area is 88.9 Å². The lowest BCUT2D eigenvalue weighted by atomic mass is 9.93. The third-order valence-electron chi connectivity index (χ3n) is 2.47. The minimum Gasteiger partial charge on any atom is -0.433 e. The van der Waals surface area contributed by atoms with Gasteiger partial charge in [-0.05, 0) is 25.7 Å².